The second-order valence-corrected chi connectivity index (χ2v) is 25.9. The third-order valence-corrected chi connectivity index (χ3v) is 18.7. The highest BCUT2D eigenvalue weighted by atomic mass is 35.5. The van der Waals surface area contributed by atoms with E-state index in [0.717, 1.165) is 11.1 Å². The summed E-state index contributed by atoms with van der Waals surface area (Å²) in [6.45, 7) is 10.0. The lowest BCUT2D eigenvalue weighted by Crippen LogP contribution is -2.60. The van der Waals surface area contributed by atoms with E-state index in [1.54, 1.807) is 54.7 Å². The van der Waals surface area contributed by atoms with Crippen molar-refractivity contribution in [3.63, 3.8) is 0 Å². The van der Waals surface area contributed by atoms with Gasteiger partial charge in [-0.15, -0.1) is 0 Å². The van der Waals surface area contributed by atoms with Crippen LogP contribution in [-0.4, -0.2) is 98.1 Å². The van der Waals surface area contributed by atoms with Crippen molar-refractivity contribution in [3.8, 4) is 16.9 Å². The summed E-state index contributed by atoms with van der Waals surface area (Å²) in [5.41, 5.74) is 5.12. The van der Waals surface area contributed by atoms with E-state index in [9.17, 15) is 19.2 Å². The van der Waals surface area contributed by atoms with E-state index >= 15 is 9.59 Å². The normalized spacial score (nSPS) is 16.5. The largest absolute Gasteiger partial charge is 0.489 e. The van der Waals surface area contributed by atoms with Crippen LogP contribution in [-0.2, 0) is 76.9 Å². The van der Waals surface area contributed by atoms with Gasteiger partial charge < -0.3 is 54.9 Å². The second kappa shape index (κ2) is 27.5. The fourth-order valence-electron chi connectivity index (χ4n) is 8.47. The number of aromatic amines is 1. The number of hydrogen-bond donors (Lipinski definition) is 6. The van der Waals surface area contributed by atoms with Gasteiger partial charge in [-0.05, 0) is 81.3 Å². The molecule has 0 unspecified atom stereocenters. The Morgan fingerprint density at radius 1 is 0.747 bits per heavy atom. The molecule has 79 heavy (non-hydrogen) atoms. The molecule has 20 heteroatoms. The van der Waals surface area contributed by atoms with Crippen LogP contribution in [0.2, 0.25) is 23.2 Å². The molecule has 6 N–H and O–H groups in total. The predicted molar refractivity (Wildman–Crippen MR) is 300 cm³/mol. The predicted octanol–water partition coefficient (Wildman–Crippen LogP) is 8.28. The van der Waals surface area contributed by atoms with Gasteiger partial charge in [0.15, 0.2) is 8.32 Å². The lowest BCUT2D eigenvalue weighted by Gasteiger charge is -2.40. The Morgan fingerprint density at radius 3 is 1.94 bits per heavy atom. The van der Waals surface area contributed by atoms with Crippen LogP contribution < -0.4 is 31.3 Å². The van der Waals surface area contributed by atoms with Crippen molar-refractivity contribution < 1.29 is 52.1 Å². The molecule has 5 atom stereocenters. The van der Waals surface area contributed by atoms with Crippen LogP contribution in [0.3, 0.4) is 0 Å². The van der Waals surface area contributed by atoms with Gasteiger partial charge in [-0.2, -0.15) is 0 Å². The quantitative estimate of drug-likeness (QED) is 0.0255. The molecule has 1 aliphatic heterocycles. The number of esters is 1. The topological polar surface area (TPSA) is 237 Å². The zero-order chi connectivity index (χ0) is 56.5. The van der Waals surface area contributed by atoms with Gasteiger partial charge >= 0.3 is 18.2 Å². The number of nitrogens with zero attached hydrogens (tertiary/aromatic N) is 1. The Kier molecular flexibility index (Phi) is 20.5. The van der Waals surface area contributed by atoms with Crippen LogP contribution in [0.4, 0.5) is 9.59 Å². The number of halogens is 1. The van der Waals surface area contributed by atoms with Gasteiger partial charge in [-0.1, -0.05) is 136 Å². The third kappa shape index (κ3) is 17.2. The number of carbonyl (C=O) groups excluding carboxylic acids is 6. The van der Waals surface area contributed by atoms with Crippen LogP contribution >= 0.6 is 11.6 Å². The van der Waals surface area contributed by atoms with Crippen molar-refractivity contribution in [1.29, 1.82) is 0 Å². The molecule has 0 saturated carbocycles. The average molecular weight is 1110 g/mol. The molecule has 1 aromatic heterocycles. The van der Waals surface area contributed by atoms with Crippen molar-refractivity contribution >= 4 is 55.8 Å². The van der Waals surface area contributed by atoms with Crippen LogP contribution in [0.15, 0.2) is 140 Å². The molecule has 416 valence electrons. The minimum absolute atomic E-state index is 0.0134. The van der Waals surface area contributed by atoms with Gasteiger partial charge in [0.05, 0.1) is 25.2 Å². The molecule has 4 bridgehead atoms. The van der Waals surface area contributed by atoms with Gasteiger partial charge in [0, 0.05) is 43.4 Å². The number of benzene rings is 5. The molecule has 0 aliphatic carbocycles. The zero-order valence-corrected chi connectivity index (χ0v) is 46.9. The Balaban J connectivity index is 1.31. The molecule has 1 aliphatic rings. The number of methoxy groups -OCH3 is 1. The number of rotatable bonds is 19. The molecular weight excluding hydrogens is 1050 g/mol. The molecule has 0 radical (unpaired) electrons. The maximum absolute atomic E-state index is 15.3. The Hall–Kier alpha value is -8.00. The van der Waals surface area contributed by atoms with Crippen molar-refractivity contribution in [2.45, 2.75) is 115 Å². The molecule has 6 aromatic rings. The van der Waals surface area contributed by atoms with E-state index < -0.39 is 74.5 Å². The monoisotopic (exact) mass is 1110 g/mol. The van der Waals surface area contributed by atoms with E-state index in [0.29, 0.717) is 39.3 Å². The minimum Gasteiger partial charge on any atom is -0.489 e. The summed E-state index contributed by atoms with van der Waals surface area (Å²) in [4.78, 5) is 92.9. The summed E-state index contributed by atoms with van der Waals surface area (Å²) in [5, 5.41) is 14.0. The Bertz CT molecular complexity index is 3020. The summed E-state index contributed by atoms with van der Waals surface area (Å²) < 4.78 is 29.7. The van der Waals surface area contributed by atoms with Crippen molar-refractivity contribution in [2.75, 3.05) is 13.7 Å². The summed E-state index contributed by atoms with van der Waals surface area (Å²) in [5.74, 6) is -2.78. The lowest BCUT2D eigenvalue weighted by atomic mass is 9.95. The minimum atomic E-state index is -2.74. The molecule has 5 aromatic carbocycles. The lowest BCUT2D eigenvalue weighted by molar-refractivity contribution is -0.145. The average Bonchev–Trinajstić information content (AvgIpc) is 4.00. The van der Waals surface area contributed by atoms with Gasteiger partial charge in [-0.3, -0.25) is 14.4 Å². The number of alkyl carbamates (subject to hydrolysis) is 2. The number of carbonyl (C=O) groups is 6. The van der Waals surface area contributed by atoms with Gasteiger partial charge in [0.25, 0.3) is 0 Å². The molecule has 0 fully saturated rings. The molecule has 0 saturated heterocycles. The fourth-order valence-corrected chi connectivity index (χ4v) is 10.0. The summed E-state index contributed by atoms with van der Waals surface area (Å²) in [6, 6.07) is 32.8. The highest BCUT2D eigenvalue weighted by molar-refractivity contribution is 6.74. The van der Waals surface area contributed by atoms with Crippen molar-refractivity contribution in [3.05, 3.63) is 178 Å². The third-order valence-electron chi connectivity index (χ3n) is 13.8. The summed E-state index contributed by atoms with van der Waals surface area (Å²) in [6.07, 6.45) is -0.276. The van der Waals surface area contributed by atoms with Gasteiger partial charge in [0.1, 0.15) is 49.7 Å². The first kappa shape index (κ1) is 58.7. The molecule has 5 amide bonds. The molecule has 7 rings (SSSR count). The number of nitrogens with one attached hydrogen (secondary N) is 6. The zero-order valence-electron chi connectivity index (χ0n) is 45.1. The summed E-state index contributed by atoms with van der Waals surface area (Å²) in [7, 11) is -1.55. The van der Waals surface area contributed by atoms with E-state index in [4.69, 9.17) is 35.0 Å². The van der Waals surface area contributed by atoms with Crippen molar-refractivity contribution in [2.24, 2.45) is 0 Å². The first-order chi connectivity index (χ1) is 37.8. The van der Waals surface area contributed by atoms with Crippen LogP contribution in [0.5, 0.6) is 5.75 Å². The number of imidazole rings is 1. The standard InChI is InChI=1S/C59H68ClN7O11Si/c1-59(2,3)79(5,6)78-46(33-62-57(72)76-35-39-18-12-8-13-19-39)31-50-55(70)64-48(53(68)66-51(56(71)74-4)30-45-32-61-37-63-45)28-43-26-41(22-24-47(43)60)42-23-25-52(75-34-38-16-10-7-11-17-38)44(27-42)29-49(54(69)65-50)67-58(73)77-36-40-20-14-9-15-21-40/h7-27,32,37,46,48-51H,28-31,33-36H2,1-6H3,(H,61,63)(H,62,72)(H,64,70)(H,65,69)(H,66,68)(H,67,73)/t46-,48+,49+,50+,51+/m1/s1. The Labute approximate surface area is 466 Å². The molecule has 2 heterocycles. The highest BCUT2D eigenvalue weighted by Crippen LogP contribution is 2.38. The number of ether oxygens (including phenoxy) is 4. The van der Waals surface area contributed by atoms with Crippen molar-refractivity contribution in [1.82, 2.24) is 36.6 Å². The molecule has 18 nitrogen and oxygen atoms in total. The maximum Gasteiger partial charge on any atom is 0.408 e. The van der Waals surface area contributed by atoms with Crippen LogP contribution in [0.1, 0.15) is 60.7 Å². The number of H-pyrrole nitrogens is 1. The number of hydrogen-bond acceptors (Lipinski definition) is 12. The van der Waals surface area contributed by atoms with Crippen LogP contribution in [0, 0.1) is 0 Å². The van der Waals surface area contributed by atoms with Crippen LogP contribution in [0.25, 0.3) is 11.1 Å². The number of fused-ring (bicyclic) bond motifs is 5. The first-order valence-corrected chi connectivity index (χ1v) is 29.3. The van der Waals surface area contributed by atoms with E-state index in [1.807, 2.05) is 113 Å². The van der Waals surface area contributed by atoms with Gasteiger partial charge in [-0.25, -0.2) is 19.4 Å². The summed E-state index contributed by atoms with van der Waals surface area (Å²) >= 11 is 6.94. The fraction of sp³-hybridized carbons (Fsp3) is 0.339. The SMILES string of the molecule is COC(=O)[C@H](Cc1c[nH]cn1)NC(=O)[C@@H]1Cc2cc(ccc2Cl)-c2ccc(OCc3ccccc3)c(c2)C[C@H](NC(=O)OCc2ccccc2)C(=O)N[C@@H](C[C@H](CNC(=O)OCc2ccccc2)O[Si](C)(C)C(C)(C)C)C(=O)N1. The molecule has 0 spiro atoms. The number of amides is 5. The maximum atomic E-state index is 15.3. The van der Waals surface area contributed by atoms with E-state index in [2.05, 4.69) is 36.6 Å². The van der Waals surface area contributed by atoms with Gasteiger partial charge in [0.2, 0.25) is 17.7 Å². The number of aromatic nitrogens is 2. The van der Waals surface area contributed by atoms with E-state index in [-0.39, 0.29) is 62.1 Å². The highest BCUT2D eigenvalue weighted by Gasteiger charge is 2.41. The smallest absolute Gasteiger partial charge is 0.408 e. The van der Waals surface area contributed by atoms with E-state index in [1.165, 1.54) is 13.4 Å². The Morgan fingerprint density at radius 2 is 1.34 bits per heavy atom. The molecular formula is C59H68ClN7O11Si. The second-order valence-electron chi connectivity index (χ2n) is 20.7. The first-order valence-electron chi connectivity index (χ1n) is 26.0.